The molecule has 3 aromatic carbocycles. The van der Waals surface area contributed by atoms with E-state index < -0.39 is 22.2 Å². The van der Waals surface area contributed by atoms with E-state index in [-0.39, 0.29) is 24.7 Å². The van der Waals surface area contributed by atoms with Gasteiger partial charge in [-0.15, -0.1) is 0 Å². The summed E-state index contributed by atoms with van der Waals surface area (Å²) in [5, 5.41) is 9.82. The largest absolute Gasteiger partial charge is 0.465 e. The van der Waals surface area contributed by atoms with Crippen LogP contribution in [0, 0.1) is 5.82 Å². The molecule has 35 heavy (non-hydrogen) atoms. The second kappa shape index (κ2) is 9.38. The van der Waals surface area contributed by atoms with Crippen LogP contribution in [-0.2, 0) is 21.2 Å². The summed E-state index contributed by atoms with van der Waals surface area (Å²) >= 11 is 0. The topological polar surface area (TPSA) is 107 Å². The molecule has 0 spiro atoms. The van der Waals surface area contributed by atoms with Crippen LogP contribution >= 0.6 is 0 Å². The number of anilines is 3. The van der Waals surface area contributed by atoms with Crippen molar-refractivity contribution in [2.45, 2.75) is 19.4 Å². The number of fused-ring (bicyclic) bond motifs is 1. The molecule has 0 aliphatic carbocycles. The van der Waals surface area contributed by atoms with Crippen molar-refractivity contribution >= 4 is 39.1 Å². The van der Waals surface area contributed by atoms with E-state index in [0.29, 0.717) is 28.2 Å². The molecule has 0 unspecified atom stereocenters. The Bertz CT molecular complexity index is 1380. The number of rotatable bonds is 5. The Kier molecular flexibility index (Phi) is 6.49. The first-order chi connectivity index (χ1) is 16.5. The highest BCUT2D eigenvalue weighted by Gasteiger charge is 2.35. The standard InChI is InChI=1S/C25H24FN3O5S/c1-16-15-28(25(31)32)23-14-19(18-5-10-21(11-6-18)27-35(2,33)34)7-12-22(23)29(16)24(30)13-17-3-8-20(26)9-4-17/h3-12,14,16,27H,13,15H2,1-2H3,(H,31,32)/t16-/m0/s1. The van der Waals surface area contributed by atoms with E-state index >= 15 is 0 Å². The molecule has 2 N–H and O–H groups in total. The molecule has 0 aromatic heterocycles. The van der Waals surface area contributed by atoms with E-state index in [1.54, 1.807) is 66.4 Å². The SMILES string of the molecule is C[C@H]1CN(C(=O)O)c2cc(-c3ccc(NS(C)(=O)=O)cc3)ccc2N1C(=O)Cc1ccc(F)cc1. The molecule has 1 aliphatic rings. The van der Waals surface area contributed by atoms with Gasteiger partial charge in [0.15, 0.2) is 0 Å². The number of benzene rings is 3. The number of amides is 2. The van der Waals surface area contributed by atoms with Crippen LogP contribution in [0.3, 0.4) is 0 Å². The lowest BCUT2D eigenvalue weighted by Crippen LogP contribution is -2.52. The minimum atomic E-state index is -3.41. The monoisotopic (exact) mass is 497 g/mol. The zero-order valence-corrected chi connectivity index (χ0v) is 19.9. The van der Waals surface area contributed by atoms with E-state index in [4.69, 9.17) is 0 Å². The Balaban J connectivity index is 1.68. The molecule has 0 bridgehead atoms. The molecule has 182 valence electrons. The molecule has 3 aromatic rings. The second-order valence-corrected chi connectivity index (χ2v) is 10.2. The Labute approximate surface area is 202 Å². The van der Waals surface area contributed by atoms with E-state index in [1.807, 2.05) is 0 Å². The van der Waals surface area contributed by atoms with Gasteiger partial charge in [-0.05, 0) is 60.0 Å². The van der Waals surface area contributed by atoms with Gasteiger partial charge in [0.2, 0.25) is 15.9 Å². The van der Waals surface area contributed by atoms with Gasteiger partial charge < -0.3 is 10.0 Å². The Morgan fingerprint density at radius 1 is 1.00 bits per heavy atom. The molecule has 4 rings (SSSR count). The molecule has 1 aliphatic heterocycles. The number of halogens is 1. The molecule has 1 atom stereocenters. The third kappa shape index (κ3) is 5.43. The van der Waals surface area contributed by atoms with Crippen LogP contribution in [0.5, 0.6) is 0 Å². The first kappa shape index (κ1) is 24.2. The second-order valence-electron chi connectivity index (χ2n) is 8.46. The highest BCUT2D eigenvalue weighted by atomic mass is 32.2. The van der Waals surface area contributed by atoms with Crippen molar-refractivity contribution in [1.82, 2.24) is 0 Å². The fourth-order valence-corrected chi connectivity index (χ4v) is 4.74. The normalized spacial score (nSPS) is 15.5. The number of hydrogen-bond acceptors (Lipinski definition) is 4. The van der Waals surface area contributed by atoms with Gasteiger partial charge in [0, 0.05) is 12.2 Å². The summed E-state index contributed by atoms with van der Waals surface area (Å²) < 4.78 is 38.5. The Morgan fingerprint density at radius 2 is 1.63 bits per heavy atom. The predicted molar refractivity (Wildman–Crippen MR) is 133 cm³/mol. The van der Waals surface area contributed by atoms with Crippen molar-refractivity contribution in [3.05, 3.63) is 78.1 Å². The van der Waals surface area contributed by atoms with Gasteiger partial charge in [-0.25, -0.2) is 17.6 Å². The minimum absolute atomic E-state index is 0.0493. The molecule has 1 heterocycles. The van der Waals surface area contributed by atoms with Crippen LogP contribution in [0.4, 0.5) is 26.2 Å². The first-order valence-electron chi connectivity index (χ1n) is 10.8. The van der Waals surface area contributed by atoms with Gasteiger partial charge in [-0.2, -0.15) is 0 Å². The van der Waals surface area contributed by atoms with Crippen molar-refractivity contribution in [2.75, 3.05) is 27.3 Å². The third-order valence-corrected chi connectivity index (χ3v) is 6.31. The smallest absolute Gasteiger partial charge is 0.411 e. The molecule has 0 fully saturated rings. The van der Waals surface area contributed by atoms with Gasteiger partial charge in [0.25, 0.3) is 0 Å². The van der Waals surface area contributed by atoms with Crippen LogP contribution in [0.1, 0.15) is 12.5 Å². The number of nitrogens with one attached hydrogen (secondary N) is 1. The summed E-state index contributed by atoms with van der Waals surface area (Å²) in [5.41, 5.74) is 3.37. The van der Waals surface area contributed by atoms with Crippen LogP contribution in [-0.4, -0.2) is 44.4 Å². The van der Waals surface area contributed by atoms with Crippen molar-refractivity contribution in [2.24, 2.45) is 0 Å². The summed E-state index contributed by atoms with van der Waals surface area (Å²) in [4.78, 5) is 28.0. The molecular formula is C25H24FN3O5S. The van der Waals surface area contributed by atoms with Gasteiger partial charge in [-0.1, -0.05) is 30.3 Å². The molecule has 8 nitrogen and oxygen atoms in total. The average Bonchev–Trinajstić information content (AvgIpc) is 2.79. The summed E-state index contributed by atoms with van der Waals surface area (Å²) in [6, 6.07) is 17.2. The third-order valence-electron chi connectivity index (χ3n) is 5.70. The summed E-state index contributed by atoms with van der Waals surface area (Å²) in [6.45, 7) is 1.88. The number of carbonyl (C=O) groups is 2. The lowest BCUT2D eigenvalue weighted by Gasteiger charge is -2.40. The van der Waals surface area contributed by atoms with E-state index in [0.717, 1.165) is 11.8 Å². The van der Waals surface area contributed by atoms with Crippen molar-refractivity contribution < 1.29 is 27.5 Å². The quantitative estimate of drug-likeness (QED) is 0.546. The molecule has 2 amide bonds. The van der Waals surface area contributed by atoms with Crippen LogP contribution in [0.2, 0.25) is 0 Å². The van der Waals surface area contributed by atoms with Crippen molar-refractivity contribution in [3.8, 4) is 11.1 Å². The summed E-state index contributed by atoms with van der Waals surface area (Å²) in [6.07, 6.45) is -0.0172. The van der Waals surface area contributed by atoms with E-state index in [9.17, 15) is 27.5 Å². The summed E-state index contributed by atoms with van der Waals surface area (Å²) in [5.74, 6) is -0.609. The fraction of sp³-hybridized carbons (Fsp3) is 0.200. The maximum Gasteiger partial charge on any atom is 0.411 e. The highest BCUT2D eigenvalue weighted by Crippen LogP contribution is 2.39. The maximum absolute atomic E-state index is 13.2. The van der Waals surface area contributed by atoms with Gasteiger partial charge >= 0.3 is 6.09 Å². The molecule has 0 radical (unpaired) electrons. The first-order valence-corrected chi connectivity index (χ1v) is 12.7. The van der Waals surface area contributed by atoms with Crippen LogP contribution in [0.25, 0.3) is 11.1 Å². The van der Waals surface area contributed by atoms with E-state index in [1.165, 1.54) is 17.0 Å². The molecule has 10 heteroatoms. The lowest BCUT2D eigenvalue weighted by molar-refractivity contribution is -0.118. The van der Waals surface area contributed by atoms with Crippen LogP contribution < -0.4 is 14.5 Å². The highest BCUT2D eigenvalue weighted by molar-refractivity contribution is 7.92. The lowest BCUT2D eigenvalue weighted by atomic mass is 10.00. The van der Waals surface area contributed by atoms with E-state index in [2.05, 4.69) is 4.72 Å². The number of carbonyl (C=O) groups excluding carboxylic acids is 1. The molecular weight excluding hydrogens is 473 g/mol. The maximum atomic E-state index is 13.2. The zero-order valence-electron chi connectivity index (χ0n) is 19.1. The number of carboxylic acid groups (broad SMARTS) is 1. The molecule has 0 saturated heterocycles. The predicted octanol–water partition coefficient (Wildman–Crippen LogP) is 4.33. The fourth-order valence-electron chi connectivity index (χ4n) is 4.17. The summed E-state index contributed by atoms with van der Waals surface area (Å²) in [7, 11) is -3.41. The van der Waals surface area contributed by atoms with Crippen LogP contribution in [0.15, 0.2) is 66.7 Å². The van der Waals surface area contributed by atoms with Crippen molar-refractivity contribution in [3.63, 3.8) is 0 Å². The molecule has 0 saturated carbocycles. The Hall–Kier alpha value is -3.92. The zero-order chi connectivity index (χ0) is 25.3. The number of sulfonamides is 1. The number of hydrogen-bond donors (Lipinski definition) is 2. The average molecular weight is 498 g/mol. The van der Waals surface area contributed by atoms with Crippen molar-refractivity contribution in [1.29, 1.82) is 0 Å². The van der Waals surface area contributed by atoms with Gasteiger partial charge in [-0.3, -0.25) is 14.4 Å². The number of nitrogens with zero attached hydrogens (tertiary/aromatic N) is 2. The Morgan fingerprint density at radius 3 is 2.23 bits per heavy atom. The van der Waals surface area contributed by atoms with Gasteiger partial charge in [0.1, 0.15) is 5.82 Å². The van der Waals surface area contributed by atoms with Gasteiger partial charge in [0.05, 0.1) is 30.1 Å². The minimum Gasteiger partial charge on any atom is -0.465 e.